The lowest BCUT2D eigenvalue weighted by molar-refractivity contribution is 0.218. The van der Waals surface area contributed by atoms with Crippen molar-refractivity contribution in [1.82, 2.24) is 0 Å². The van der Waals surface area contributed by atoms with Gasteiger partial charge >= 0.3 is 0 Å². The zero-order valence-electron chi connectivity index (χ0n) is 11.1. The van der Waals surface area contributed by atoms with E-state index in [1.807, 2.05) is 61.5 Å². The minimum absolute atomic E-state index is 0.502. The maximum absolute atomic E-state index is 10.6. The van der Waals surface area contributed by atoms with Crippen molar-refractivity contribution in [3.63, 3.8) is 0 Å². The van der Waals surface area contributed by atoms with Crippen LogP contribution in [0.3, 0.4) is 0 Å². The Morgan fingerprint density at radius 1 is 1.11 bits per heavy atom. The predicted octanol–water partition coefficient (Wildman–Crippen LogP) is 2.73. The van der Waals surface area contributed by atoms with E-state index < -0.39 is 6.10 Å². The molecular formula is C16H17NO2. The maximum Gasteiger partial charge on any atom is 0.126 e. The number of hydrogen-bond acceptors (Lipinski definition) is 3. The first-order chi connectivity index (χ1) is 9.16. The summed E-state index contributed by atoms with van der Waals surface area (Å²) in [5.41, 5.74) is 3.85. The summed E-state index contributed by atoms with van der Waals surface area (Å²) in [6.45, 7) is 0.502. The highest BCUT2D eigenvalue weighted by Gasteiger charge is 2.22. The van der Waals surface area contributed by atoms with Crippen molar-refractivity contribution < 1.29 is 9.84 Å². The normalized spacial score (nSPS) is 16.9. The highest BCUT2D eigenvalue weighted by Crippen LogP contribution is 2.37. The molecule has 0 aromatic heterocycles. The lowest BCUT2D eigenvalue weighted by atomic mass is 9.97. The molecule has 3 nitrogen and oxygen atoms in total. The molecule has 0 amide bonds. The van der Waals surface area contributed by atoms with Crippen molar-refractivity contribution in [3.05, 3.63) is 59.2 Å². The van der Waals surface area contributed by atoms with Crippen LogP contribution in [0.15, 0.2) is 42.5 Å². The fourth-order valence-corrected chi connectivity index (χ4v) is 2.41. The van der Waals surface area contributed by atoms with Crippen molar-refractivity contribution in [2.45, 2.75) is 12.7 Å². The number of fused-ring (bicyclic) bond motifs is 2. The second kappa shape index (κ2) is 4.59. The number of anilines is 1. The van der Waals surface area contributed by atoms with Crippen LogP contribution in [0.25, 0.3) is 0 Å². The Morgan fingerprint density at radius 3 is 2.68 bits per heavy atom. The number of benzene rings is 2. The molecular weight excluding hydrogens is 238 g/mol. The summed E-state index contributed by atoms with van der Waals surface area (Å²) >= 11 is 0. The molecule has 0 saturated heterocycles. The summed E-state index contributed by atoms with van der Waals surface area (Å²) < 4.78 is 5.80. The molecule has 0 fully saturated rings. The lowest BCUT2D eigenvalue weighted by Crippen LogP contribution is -2.10. The maximum atomic E-state index is 10.6. The summed E-state index contributed by atoms with van der Waals surface area (Å²) in [7, 11) is 3.97. The third kappa shape index (κ3) is 2.06. The average molecular weight is 255 g/mol. The van der Waals surface area contributed by atoms with Crippen LogP contribution in [-0.2, 0) is 6.61 Å². The zero-order valence-corrected chi connectivity index (χ0v) is 11.1. The summed E-state index contributed by atoms with van der Waals surface area (Å²) in [6.07, 6.45) is -0.631. The topological polar surface area (TPSA) is 32.7 Å². The first kappa shape index (κ1) is 12.1. The highest BCUT2D eigenvalue weighted by atomic mass is 16.5. The number of ether oxygens (including phenoxy) is 1. The van der Waals surface area contributed by atoms with E-state index in [1.54, 1.807) is 0 Å². The molecule has 0 radical (unpaired) electrons. The number of hydrogen-bond donors (Lipinski definition) is 1. The number of nitrogens with zero attached hydrogens (tertiary/aromatic N) is 1. The third-order valence-electron chi connectivity index (χ3n) is 3.54. The molecule has 1 aliphatic heterocycles. The van der Waals surface area contributed by atoms with E-state index in [-0.39, 0.29) is 0 Å². The Hall–Kier alpha value is -2.00. The van der Waals surface area contributed by atoms with Gasteiger partial charge in [-0.2, -0.15) is 0 Å². The van der Waals surface area contributed by atoms with Gasteiger partial charge in [-0.25, -0.2) is 0 Å². The second-order valence-electron chi connectivity index (χ2n) is 5.01. The molecule has 0 bridgehead atoms. The van der Waals surface area contributed by atoms with Crippen molar-refractivity contribution in [2.75, 3.05) is 19.0 Å². The number of aliphatic hydroxyl groups is 1. The standard InChI is InChI=1S/C16H17NO2/c1-17(2)12-7-8-15-14(9-12)16(18)13-6-4-3-5-11(13)10-19-15/h3-9,16,18H,10H2,1-2H3. The monoisotopic (exact) mass is 255 g/mol. The van der Waals surface area contributed by atoms with Gasteiger partial charge in [0.05, 0.1) is 0 Å². The van der Waals surface area contributed by atoms with E-state index in [1.165, 1.54) is 0 Å². The molecule has 19 heavy (non-hydrogen) atoms. The molecule has 2 aromatic rings. The van der Waals surface area contributed by atoms with Crippen LogP contribution in [-0.4, -0.2) is 19.2 Å². The molecule has 0 spiro atoms. The predicted molar refractivity (Wildman–Crippen MR) is 75.6 cm³/mol. The van der Waals surface area contributed by atoms with Gasteiger partial charge in [0.1, 0.15) is 18.5 Å². The fourth-order valence-electron chi connectivity index (χ4n) is 2.41. The van der Waals surface area contributed by atoms with Crippen LogP contribution in [0.1, 0.15) is 22.8 Å². The average Bonchev–Trinajstić information content (AvgIpc) is 2.57. The van der Waals surface area contributed by atoms with Gasteiger partial charge in [-0.3, -0.25) is 0 Å². The van der Waals surface area contributed by atoms with Gasteiger partial charge < -0.3 is 14.7 Å². The van der Waals surface area contributed by atoms with Gasteiger partial charge in [0.25, 0.3) is 0 Å². The molecule has 3 rings (SSSR count). The van der Waals surface area contributed by atoms with Gasteiger partial charge in [0, 0.05) is 25.3 Å². The SMILES string of the molecule is CN(C)c1ccc2c(c1)C(O)c1ccccc1CO2. The quantitative estimate of drug-likeness (QED) is 0.850. The summed E-state index contributed by atoms with van der Waals surface area (Å²) in [5, 5.41) is 10.6. The van der Waals surface area contributed by atoms with Crippen LogP contribution in [0.2, 0.25) is 0 Å². The second-order valence-corrected chi connectivity index (χ2v) is 5.01. The Bertz CT molecular complexity index is 607. The van der Waals surface area contributed by atoms with Gasteiger partial charge in [-0.1, -0.05) is 24.3 Å². The van der Waals surface area contributed by atoms with Crippen molar-refractivity contribution >= 4 is 5.69 Å². The molecule has 1 atom stereocenters. The summed E-state index contributed by atoms with van der Waals surface area (Å²) in [5.74, 6) is 0.759. The van der Waals surface area contributed by atoms with Crippen molar-refractivity contribution in [1.29, 1.82) is 0 Å². The van der Waals surface area contributed by atoms with Gasteiger partial charge in [0.2, 0.25) is 0 Å². The fraction of sp³-hybridized carbons (Fsp3) is 0.250. The molecule has 1 N–H and O–H groups in total. The van der Waals surface area contributed by atoms with Gasteiger partial charge in [-0.15, -0.1) is 0 Å². The molecule has 1 unspecified atom stereocenters. The molecule has 98 valence electrons. The van der Waals surface area contributed by atoms with Crippen LogP contribution in [0, 0.1) is 0 Å². The molecule has 0 aliphatic carbocycles. The zero-order chi connectivity index (χ0) is 13.4. The first-order valence-electron chi connectivity index (χ1n) is 6.37. The van der Waals surface area contributed by atoms with Crippen LogP contribution in [0.5, 0.6) is 5.75 Å². The summed E-state index contributed by atoms with van der Waals surface area (Å²) in [6, 6.07) is 13.8. The number of rotatable bonds is 1. The van der Waals surface area contributed by atoms with Crippen LogP contribution >= 0.6 is 0 Å². The molecule has 2 aromatic carbocycles. The van der Waals surface area contributed by atoms with E-state index >= 15 is 0 Å². The van der Waals surface area contributed by atoms with E-state index in [0.717, 1.165) is 28.1 Å². The minimum atomic E-state index is -0.631. The van der Waals surface area contributed by atoms with Crippen molar-refractivity contribution in [2.24, 2.45) is 0 Å². The number of aliphatic hydroxyl groups excluding tert-OH is 1. The Kier molecular flexibility index (Phi) is 2.91. The molecule has 1 aliphatic rings. The minimum Gasteiger partial charge on any atom is -0.488 e. The summed E-state index contributed by atoms with van der Waals surface area (Å²) in [4.78, 5) is 2.02. The highest BCUT2D eigenvalue weighted by molar-refractivity contribution is 5.55. The van der Waals surface area contributed by atoms with Crippen molar-refractivity contribution in [3.8, 4) is 5.75 Å². The largest absolute Gasteiger partial charge is 0.488 e. The molecule has 3 heteroatoms. The smallest absolute Gasteiger partial charge is 0.126 e. The van der Waals surface area contributed by atoms with E-state index in [2.05, 4.69) is 0 Å². The Morgan fingerprint density at radius 2 is 1.89 bits per heavy atom. The van der Waals surface area contributed by atoms with Gasteiger partial charge in [0.15, 0.2) is 0 Å². The first-order valence-corrected chi connectivity index (χ1v) is 6.37. The Labute approximate surface area is 113 Å². The third-order valence-corrected chi connectivity index (χ3v) is 3.54. The molecule has 0 saturated carbocycles. The van der Waals surface area contributed by atoms with Gasteiger partial charge in [-0.05, 0) is 29.3 Å². The van der Waals surface area contributed by atoms with Crippen LogP contribution in [0.4, 0.5) is 5.69 Å². The van der Waals surface area contributed by atoms with E-state index in [9.17, 15) is 5.11 Å². The van der Waals surface area contributed by atoms with E-state index in [0.29, 0.717) is 6.61 Å². The molecule has 1 heterocycles. The van der Waals surface area contributed by atoms with Crippen LogP contribution < -0.4 is 9.64 Å². The Balaban J connectivity index is 2.13. The van der Waals surface area contributed by atoms with E-state index in [4.69, 9.17) is 4.74 Å². The lowest BCUT2D eigenvalue weighted by Gasteiger charge is -2.18.